The fourth-order valence-electron chi connectivity index (χ4n) is 2.70. The molecule has 0 aliphatic heterocycles. The normalized spacial score (nSPS) is 16.9. The lowest BCUT2D eigenvalue weighted by Crippen LogP contribution is -2.34. The number of nitrogens with one attached hydrogen (secondary N) is 1. The van der Waals surface area contributed by atoms with Crippen LogP contribution in [0.4, 0.5) is 0 Å². The van der Waals surface area contributed by atoms with Crippen molar-refractivity contribution in [3.05, 3.63) is 29.1 Å². The SMILES string of the molecule is Cc1nc(C(=O)NCC2(C)CCCC2)ccc1C(=O)O. The Kier molecular flexibility index (Phi) is 4.06. The summed E-state index contributed by atoms with van der Waals surface area (Å²) in [4.78, 5) is 27.0. The van der Waals surface area contributed by atoms with E-state index in [9.17, 15) is 9.59 Å². The van der Waals surface area contributed by atoms with Crippen LogP contribution >= 0.6 is 0 Å². The largest absolute Gasteiger partial charge is 0.478 e. The van der Waals surface area contributed by atoms with E-state index in [1.165, 1.54) is 25.0 Å². The summed E-state index contributed by atoms with van der Waals surface area (Å²) >= 11 is 0. The van der Waals surface area contributed by atoms with Gasteiger partial charge in [-0.3, -0.25) is 4.79 Å². The number of hydrogen-bond acceptors (Lipinski definition) is 3. The number of aromatic carboxylic acids is 1. The lowest BCUT2D eigenvalue weighted by Gasteiger charge is -2.23. The summed E-state index contributed by atoms with van der Waals surface area (Å²) in [6.45, 7) is 4.43. The molecule has 2 N–H and O–H groups in total. The molecule has 20 heavy (non-hydrogen) atoms. The van der Waals surface area contributed by atoms with E-state index in [1.54, 1.807) is 6.92 Å². The molecule has 2 rings (SSSR count). The smallest absolute Gasteiger partial charge is 0.337 e. The highest BCUT2D eigenvalue weighted by Crippen LogP contribution is 2.36. The molecule has 108 valence electrons. The van der Waals surface area contributed by atoms with Gasteiger partial charge in [-0.25, -0.2) is 9.78 Å². The molecule has 0 spiro atoms. The van der Waals surface area contributed by atoms with Crippen molar-refractivity contribution < 1.29 is 14.7 Å². The summed E-state index contributed by atoms with van der Waals surface area (Å²) in [5, 5.41) is 11.8. The third-order valence-electron chi connectivity index (χ3n) is 4.04. The number of carbonyl (C=O) groups excluding carboxylic acids is 1. The average molecular weight is 276 g/mol. The highest BCUT2D eigenvalue weighted by Gasteiger charge is 2.29. The molecule has 0 bridgehead atoms. The van der Waals surface area contributed by atoms with Crippen molar-refractivity contribution in [3.8, 4) is 0 Å². The number of carbonyl (C=O) groups is 2. The maximum Gasteiger partial charge on any atom is 0.337 e. The Morgan fingerprint density at radius 1 is 1.35 bits per heavy atom. The van der Waals surface area contributed by atoms with E-state index in [-0.39, 0.29) is 22.6 Å². The number of carboxylic acid groups (broad SMARTS) is 1. The van der Waals surface area contributed by atoms with Gasteiger partial charge in [0.1, 0.15) is 5.69 Å². The number of nitrogens with zero attached hydrogens (tertiary/aromatic N) is 1. The molecule has 1 aliphatic rings. The molecule has 1 amide bonds. The minimum Gasteiger partial charge on any atom is -0.478 e. The lowest BCUT2D eigenvalue weighted by molar-refractivity contribution is 0.0694. The van der Waals surface area contributed by atoms with Crippen LogP contribution in [0.1, 0.15) is 59.1 Å². The number of aromatic nitrogens is 1. The Morgan fingerprint density at radius 3 is 2.55 bits per heavy atom. The number of hydrogen-bond donors (Lipinski definition) is 2. The maximum atomic E-state index is 12.1. The molecule has 5 heteroatoms. The predicted octanol–water partition coefficient (Wildman–Crippen LogP) is 2.40. The standard InChI is InChI=1S/C15H20N2O3/c1-10-11(14(19)20)5-6-12(17-10)13(18)16-9-15(2)7-3-4-8-15/h5-6H,3-4,7-9H2,1-2H3,(H,16,18)(H,19,20). The second-order valence-corrected chi connectivity index (χ2v) is 5.84. The molecule has 0 atom stereocenters. The summed E-state index contributed by atoms with van der Waals surface area (Å²) in [5.41, 5.74) is 0.946. The highest BCUT2D eigenvalue weighted by molar-refractivity contribution is 5.94. The summed E-state index contributed by atoms with van der Waals surface area (Å²) in [6.07, 6.45) is 4.71. The van der Waals surface area contributed by atoms with Crippen molar-refractivity contribution >= 4 is 11.9 Å². The monoisotopic (exact) mass is 276 g/mol. The minimum absolute atomic E-state index is 0.129. The lowest BCUT2D eigenvalue weighted by atomic mass is 9.89. The van der Waals surface area contributed by atoms with Crippen molar-refractivity contribution in [2.24, 2.45) is 5.41 Å². The van der Waals surface area contributed by atoms with Gasteiger partial charge >= 0.3 is 5.97 Å². The van der Waals surface area contributed by atoms with Crippen molar-refractivity contribution in [1.29, 1.82) is 0 Å². The Labute approximate surface area is 118 Å². The maximum absolute atomic E-state index is 12.1. The number of pyridine rings is 1. The number of amides is 1. The van der Waals surface area contributed by atoms with Crippen LogP contribution in [0.3, 0.4) is 0 Å². The van der Waals surface area contributed by atoms with Gasteiger partial charge in [0.15, 0.2) is 0 Å². The van der Waals surface area contributed by atoms with Crippen LogP contribution in [0.15, 0.2) is 12.1 Å². The van der Waals surface area contributed by atoms with Gasteiger partial charge in [0.2, 0.25) is 0 Å². The Hall–Kier alpha value is -1.91. The fraction of sp³-hybridized carbons (Fsp3) is 0.533. The van der Waals surface area contributed by atoms with E-state index in [0.717, 1.165) is 12.8 Å². The molecule has 5 nitrogen and oxygen atoms in total. The molecular formula is C15H20N2O3. The quantitative estimate of drug-likeness (QED) is 0.885. The predicted molar refractivity (Wildman–Crippen MR) is 74.8 cm³/mol. The average Bonchev–Trinajstić information content (AvgIpc) is 2.83. The molecule has 1 fully saturated rings. The van der Waals surface area contributed by atoms with E-state index in [1.807, 2.05) is 0 Å². The van der Waals surface area contributed by atoms with Gasteiger partial charge in [-0.15, -0.1) is 0 Å². The molecular weight excluding hydrogens is 256 g/mol. The van der Waals surface area contributed by atoms with Gasteiger partial charge in [0.25, 0.3) is 5.91 Å². The first-order valence-electron chi connectivity index (χ1n) is 6.90. The Morgan fingerprint density at radius 2 is 2.00 bits per heavy atom. The summed E-state index contributed by atoms with van der Waals surface area (Å²) in [7, 11) is 0. The van der Waals surface area contributed by atoms with Crippen molar-refractivity contribution in [1.82, 2.24) is 10.3 Å². The first-order chi connectivity index (χ1) is 9.41. The van der Waals surface area contributed by atoms with Crippen LogP contribution < -0.4 is 5.32 Å². The summed E-state index contributed by atoms with van der Waals surface area (Å²) in [6, 6.07) is 2.89. The zero-order valence-corrected chi connectivity index (χ0v) is 11.9. The van der Waals surface area contributed by atoms with Gasteiger partial charge in [0.05, 0.1) is 11.3 Å². The van der Waals surface area contributed by atoms with Crippen LogP contribution in [0.25, 0.3) is 0 Å². The third kappa shape index (κ3) is 3.15. The molecule has 1 aromatic rings. The van der Waals surface area contributed by atoms with Crippen LogP contribution in [0.2, 0.25) is 0 Å². The minimum atomic E-state index is -1.03. The summed E-state index contributed by atoms with van der Waals surface area (Å²) in [5.74, 6) is -1.27. The van der Waals surface area contributed by atoms with E-state index in [0.29, 0.717) is 12.2 Å². The van der Waals surface area contributed by atoms with Crippen LogP contribution in [0, 0.1) is 12.3 Å². The third-order valence-corrected chi connectivity index (χ3v) is 4.04. The molecule has 1 aromatic heterocycles. The molecule has 1 saturated carbocycles. The first kappa shape index (κ1) is 14.5. The molecule has 0 unspecified atom stereocenters. The zero-order valence-electron chi connectivity index (χ0n) is 11.9. The van der Waals surface area contributed by atoms with Gasteiger partial charge in [-0.2, -0.15) is 0 Å². The second-order valence-electron chi connectivity index (χ2n) is 5.84. The van der Waals surface area contributed by atoms with Crippen LogP contribution in [-0.2, 0) is 0 Å². The van der Waals surface area contributed by atoms with Gasteiger partial charge < -0.3 is 10.4 Å². The molecule has 0 saturated heterocycles. The number of rotatable bonds is 4. The van der Waals surface area contributed by atoms with Crippen LogP contribution in [0.5, 0.6) is 0 Å². The van der Waals surface area contributed by atoms with E-state index < -0.39 is 5.97 Å². The molecule has 1 aliphatic carbocycles. The van der Waals surface area contributed by atoms with E-state index >= 15 is 0 Å². The van der Waals surface area contributed by atoms with Gasteiger partial charge in [-0.1, -0.05) is 19.8 Å². The number of carboxylic acids is 1. The van der Waals surface area contributed by atoms with Crippen molar-refractivity contribution in [3.63, 3.8) is 0 Å². The highest BCUT2D eigenvalue weighted by atomic mass is 16.4. The molecule has 1 heterocycles. The fourth-order valence-corrected chi connectivity index (χ4v) is 2.70. The molecule has 0 radical (unpaired) electrons. The Bertz CT molecular complexity index is 534. The topological polar surface area (TPSA) is 79.3 Å². The number of aryl methyl sites for hydroxylation is 1. The second kappa shape index (κ2) is 5.61. The van der Waals surface area contributed by atoms with E-state index in [4.69, 9.17) is 5.11 Å². The van der Waals surface area contributed by atoms with Gasteiger partial charge in [-0.05, 0) is 37.3 Å². The van der Waals surface area contributed by atoms with E-state index in [2.05, 4.69) is 17.2 Å². The van der Waals surface area contributed by atoms with Crippen molar-refractivity contribution in [2.45, 2.75) is 39.5 Å². The first-order valence-corrected chi connectivity index (χ1v) is 6.90. The molecule has 0 aromatic carbocycles. The summed E-state index contributed by atoms with van der Waals surface area (Å²) < 4.78 is 0. The van der Waals surface area contributed by atoms with Crippen molar-refractivity contribution in [2.75, 3.05) is 6.54 Å². The Balaban J connectivity index is 2.02. The zero-order chi connectivity index (χ0) is 14.8. The van der Waals surface area contributed by atoms with Crippen LogP contribution in [-0.4, -0.2) is 28.5 Å². The van der Waals surface area contributed by atoms with Gasteiger partial charge in [0, 0.05) is 6.54 Å².